The molecule has 0 N–H and O–H groups in total. The van der Waals surface area contributed by atoms with Gasteiger partial charge in [-0.3, -0.25) is 0 Å². The molecule has 25 heavy (non-hydrogen) atoms. The Morgan fingerprint density at radius 2 is 1.24 bits per heavy atom. The molecular formula is C23H43PS. The highest BCUT2D eigenvalue weighted by atomic mass is 32.4. The highest BCUT2D eigenvalue weighted by Crippen LogP contribution is 2.62. The fraction of sp³-hybridized carbons (Fsp3) is 0.913. The minimum atomic E-state index is -1.19. The molecule has 2 rings (SSSR count). The van der Waals surface area contributed by atoms with Crippen LogP contribution in [0.2, 0.25) is 0 Å². The van der Waals surface area contributed by atoms with Crippen LogP contribution in [0.1, 0.15) is 116 Å². The molecule has 0 aliphatic heterocycles. The maximum absolute atomic E-state index is 6.55. The molecule has 0 bridgehead atoms. The second-order valence-corrected chi connectivity index (χ2v) is 14.2. The van der Waals surface area contributed by atoms with E-state index in [-0.39, 0.29) is 0 Å². The topological polar surface area (TPSA) is 0 Å². The van der Waals surface area contributed by atoms with Crippen LogP contribution in [0.3, 0.4) is 0 Å². The third-order valence-electron chi connectivity index (χ3n) is 6.67. The van der Waals surface area contributed by atoms with Crippen molar-refractivity contribution in [2.45, 2.75) is 127 Å². The maximum atomic E-state index is 6.55. The van der Waals surface area contributed by atoms with Crippen LogP contribution < -0.4 is 0 Å². The molecule has 146 valence electrons. The van der Waals surface area contributed by atoms with Gasteiger partial charge in [-0.25, -0.2) is 0 Å². The van der Waals surface area contributed by atoms with Gasteiger partial charge in [-0.2, -0.15) is 0 Å². The van der Waals surface area contributed by atoms with E-state index >= 15 is 0 Å². The van der Waals surface area contributed by atoms with Gasteiger partial charge in [0, 0.05) is 0 Å². The van der Waals surface area contributed by atoms with E-state index in [2.05, 4.69) is 19.1 Å². The lowest BCUT2D eigenvalue weighted by atomic mass is 9.99. The third kappa shape index (κ3) is 7.50. The Morgan fingerprint density at radius 3 is 1.80 bits per heavy atom. The average Bonchev–Trinajstić information content (AvgIpc) is 2.68. The molecule has 0 nitrogen and oxygen atoms in total. The van der Waals surface area contributed by atoms with Crippen molar-refractivity contribution in [1.29, 1.82) is 0 Å². The highest BCUT2D eigenvalue weighted by molar-refractivity contribution is 8.15. The molecule has 2 aliphatic carbocycles. The highest BCUT2D eigenvalue weighted by Gasteiger charge is 2.36. The first-order valence-electron chi connectivity index (χ1n) is 11.5. The summed E-state index contributed by atoms with van der Waals surface area (Å²) in [5.41, 5.74) is 1.86. The van der Waals surface area contributed by atoms with E-state index in [1.54, 1.807) is 0 Å². The lowest BCUT2D eigenvalue weighted by molar-refractivity contribution is 0.484. The summed E-state index contributed by atoms with van der Waals surface area (Å²) in [5, 5.41) is 0. The smallest absolute Gasteiger partial charge is 0.00490 e. The van der Waals surface area contributed by atoms with Gasteiger partial charge in [0.05, 0.1) is 0 Å². The molecule has 2 fully saturated rings. The van der Waals surface area contributed by atoms with Crippen LogP contribution in [0.25, 0.3) is 0 Å². The molecule has 0 heterocycles. The number of unbranched alkanes of at least 4 members (excludes halogenated alkanes) is 6. The minimum absolute atomic E-state index is 0.929. The van der Waals surface area contributed by atoms with E-state index in [1.807, 2.05) is 0 Å². The Labute approximate surface area is 163 Å². The van der Waals surface area contributed by atoms with Gasteiger partial charge in [-0.1, -0.05) is 102 Å². The van der Waals surface area contributed by atoms with Crippen molar-refractivity contribution in [2.24, 2.45) is 0 Å². The maximum Gasteiger partial charge on any atom is -0.00490 e. The van der Waals surface area contributed by atoms with Gasteiger partial charge < -0.3 is 0 Å². The van der Waals surface area contributed by atoms with Crippen molar-refractivity contribution in [3.8, 4) is 0 Å². The Morgan fingerprint density at radius 1 is 0.720 bits per heavy atom. The van der Waals surface area contributed by atoms with Crippen LogP contribution >= 0.6 is 6.04 Å². The number of allylic oxidation sites excluding steroid dienone is 2. The zero-order chi connectivity index (χ0) is 17.8. The number of hydrogen-bond acceptors (Lipinski definition) is 1. The molecule has 2 heteroatoms. The first-order chi connectivity index (χ1) is 12.3. The van der Waals surface area contributed by atoms with Crippen molar-refractivity contribution in [2.75, 3.05) is 6.16 Å². The summed E-state index contributed by atoms with van der Waals surface area (Å²) in [5.74, 6) is 0. The van der Waals surface area contributed by atoms with Crippen LogP contribution in [0.4, 0.5) is 0 Å². The molecule has 0 spiro atoms. The quantitative estimate of drug-likeness (QED) is 0.196. The normalized spacial score (nSPS) is 21.2. The van der Waals surface area contributed by atoms with Gasteiger partial charge in [0.2, 0.25) is 0 Å². The van der Waals surface area contributed by atoms with E-state index in [1.165, 1.54) is 115 Å². The van der Waals surface area contributed by atoms with E-state index in [4.69, 9.17) is 11.8 Å². The zero-order valence-electron chi connectivity index (χ0n) is 16.9. The van der Waals surface area contributed by atoms with Crippen molar-refractivity contribution < 1.29 is 0 Å². The Kier molecular flexibility index (Phi) is 11.0. The van der Waals surface area contributed by atoms with E-state index in [9.17, 15) is 0 Å². The van der Waals surface area contributed by atoms with Crippen molar-refractivity contribution in [3.05, 3.63) is 12.2 Å². The summed E-state index contributed by atoms with van der Waals surface area (Å²) >= 11 is 6.55. The molecule has 0 radical (unpaired) electrons. The lowest BCUT2D eigenvalue weighted by Crippen LogP contribution is -2.24. The van der Waals surface area contributed by atoms with Gasteiger partial charge in [0.1, 0.15) is 0 Å². The summed E-state index contributed by atoms with van der Waals surface area (Å²) in [6.07, 6.45) is 30.6. The Bertz CT molecular complexity index is 380. The molecule has 0 aromatic heterocycles. The Balaban J connectivity index is 1.79. The van der Waals surface area contributed by atoms with Crippen LogP contribution in [0.5, 0.6) is 0 Å². The van der Waals surface area contributed by atoms with Gasteiger partial charge in [-0.05, 0) is 62.0 Å². The number of rotatable bonds is 11. The van der Waals surface area contributed by atoms with E-state index in [0.717, 1.165) is 11.3 Å². The Hall–Kier alpha value is 0.390. The lowest BCUT2D eigenvalue weighted by Gasteiger charge is -2.41. The monoisotopic (exact) mass is 382 g/mol. The molecular weight excluding hydrogens is 339 g/mol. The predicted molar refractivity (Wildman–Crippen MR) is 120 cm³/mol. The first kappa shape index (κ1) is 21.7. The summed E-state index contributed by atoms with van der Waals surface area (Å²) < 4.78 is 0. The summed E-state index contributed by atoms with van der Waals surface area (Å²) in [4.78, 5) is 0. The molecule has 0 saturated heterocycles. The van der Waals surface area contributed by atoms with E-state index in [0.29, 0.717) is 0 Å². The second kappa shape index (κ2) is 12.7. The summed E-state index contributed by atoms with van der Waals surface area (Å²) in [6, 6.07) is -1.19. The average molecular weight is 383 g/mol. The van der Waals surface area contributed by atoms with Gasteiger partial charge in [0.15, 0.2) is 0 Å². The number of hydrogen-bond donors (Lipinski definition) is 0. The summed E-state index contributed by atoms with van der Waals surface area (Å²) in [6.45, 7) is 2.30. The van der Waals surface area contributed by atoms with Gasteiger partial charge in [-0.15, -0.1) is 0 Å². The molecule has 0 unspecified atom stereocenters. The predicted octanol–water partition coefficient (Wildman–Crippen LogP) is 8.44. The van der Waals surface area contributed by atoms with Crippen molar-refractivity contribution in [1.82, 2.24) is 0 Å². The third-order valence-corrected chi connectivity index (χ3v) is 13.2. The fourth-order valence-corrected chi connectivity index (χ4v) is 10.7. The molecule has 0 aromatic carbocycles. The largest absolute Gasteiger partial charge is 0.0966 e. The molecule has 2 aliphatic rings. The van der Waals surface area contributed by atoms with Crippen LogP contribution in [0, 0.1) is 0 Å². The second-order valence-electron chi connectivity index (χ2n) is 8.65. The SMILES string of the molecule is CCCCCCCC/C=C\CP(=S)(C1CCCCC1)C1CCCCC1. The van der Waals surface area contributed by atoms with Crippen LogP contribution in [-0.4, -0.2) is 17.5 Å². The molecule has 0 amide bonds. The van der Waals surface area contributed by atoms with Crippen LogP contribution in [0.15, 0.2) is 12.2 Å². The molecule has 2 saturated carbocycles. The molecule has 0 aromatic rings. The van der Waals surface area contributed by atoms with Gasteiger partial charge in [0.25, 0.3) is 0 Å². The van der Waals surface area contributed by atoms with Crippen molar-refractivity contribution >= 4 is 17.8 Å². The standard InChI is InChI=1S/C23H43PS/c1-2-3-4-5-6-7-8-9-16-21-24(25,22-17-12-10-13-18-22)23-19-14-11-15-20-23/h9,16,22-23H,2-8,10-15,17-21H2,1H3/b16-9-. The van der Waals surface area contributed by atoms with Crippen LogP contribution in [-0.2, 0) is 11.8 Å². The minimum Gasteiger partial charge on any atom is -0.0966 e. The zero-order valence-corrected chi connectivity index (χ0v) is 18.6. The fourth-order valence-electron chi connectivity index (χ4n) is 5.03. The first-order valence-corrected chi connectivity index (χ1v) is 14.6. The summed E-state index contributed by atoms with van der Waals surface area (Å²) in [7, 11) is 0. The van der Waals surface area contributed by atoms with Gasteiger partial charge >= 0.3 is 0 Å². The van der Waals surface area contributed by atoms with E-state index < -0.39 is 6.04 Å². The van der Waals surface area contributed by atoms with Crippen molar-refractivity contribution in [3.63, 3.8) is 0 Å². The molecule has 0 atom stereocenters.